The third kappa shape index (κ3) is 7.37. The van der Waals surface area contributed by atoms with Gasteiger partial charge in [-0.2, -0.15) is 0 Å². The Bertz CT molecular complexity index is 441. The first-order valence-electron chi connectivity index (χ1n) is 6.45. The van der Waals surface area contributed by atoms with Crippen LogP contribution in [0.2, 0.25) is 0 Å². The molecule has 0 aliphatic heterocycles. The highest BCUT2D eigenvalue weighted by Crippen LogP contribution is 2.27. The monoisotopic (exact) mass is 409 g/mol. The molecule has 0 aliphatic carbocycles. The molecule has 7 heteroatoms. The largest absolute Gasteiger partial charge is 0.493 e. The fourth-order valence-electron chi connectivity index (χ4n) is 1.64. The lowest BCUT2D eigenvalue weighted by atomic mass is 10.2. The molecule has 0 atom stereocenters. The number of halogens is 1. The van der Waals surface area contributed by atoms with Gasteiger partial charge in [-0.25, -0.2) is 4.99 Å². The van der Waals surface area contributed by atoms with Crippen LogP contribution < -0.4 is 20.5 Å². The minimum Gasteiger partial charge on any atom is -0.493 e. The lowest BCUT2D eigenvalue weighted by Gasteiger charge is -2.09. The van der Waals surface area contributed by atoms with Gasteiger partial charge in [0.1, 0.15) is 0 Å². The van der Waals surface area contributed by atoms with Crippen molar-refractivity contribution >= 4 is 29.9 Å². The predicted molar refractivity (Wildman–Crippen MR) is 94.8 cm³/mol. The van der Waals surface area contributed by atoms with E-state index in [1.807, 2.05) is 18.2 Å². The number of ether oxygens (including phenoxy) is 3. The van der Waals surface area contributed by atoms with E-state index in [1.165, 1.54) is 0 Å². The first-order valence-corrected chi connectivity index (χ1v) is 6.45. The number of nitrogens with two attached hydrogens (primary N) is 1. The van der Waals surface area contributed by atoms with E-state index in [0.29, 0.717) is 30.6 Å². The summed E-state index contributed by atoms with van der Waals surface area (Å²) < 4.78 is 15.4. The molecule has 1 aromatic rings. The normalized spacial score (nSPS) is 10.7. The standard InChI is InChI=1S/C14H23N3O3.HI/c1-18-8-4-7-16-14(15)17-10-11-5-6-12(19-2)13(9-11)20-3;/h5-6,9H,4,7-8,10H2,1-3H3,(H3,15,16,17);1H. The van der Waals surface area contributed by atoms with Crippen molar-refractivity contribution in [2.24, 2.45) is 10.7 Å². The maximum atomic E-state index is 5.77. The second-order valence-corrected chi connectivity index (χ2v) is 4.16. The Hall–Kier alpha value is -1.22. The van der Waals surface area contributed by atoms with Crippen molar-refractivity contribution in [3.63, 3.8) is 0 Å². The van der Waals surface area contributed by atoms with Gasteiger partial charge in [0.05, 0.1) is 20.8 Å². The third-order valence-electron chi connectivity index (χ3n) is 2.71. The van der Waals surface area contributed by atoms with Crippen LogP contribution in [0.25, 0.3) is 0 Å². The molecule has 3 N–H and O–H groups in total. The highest BCUT2D eigenvalue weighted by Gasteiger charge is 2.04. The minimum atomic E-state index is 0. The summed E-state index contributed by atoms with van der Waals surface area (Å²) >= 11 is 0. The summed E-state index contributed by atoms with van der Waals surface area (Å²) in [7, 11) is 4.89. The smallest absolute Gasteiger partial charge is 0.188 e. The van der Waals surface area contributed by atoms with Crippen LogP contribution in [0.1, 0.15) is 12.0 Å². The highest BCUT2D eigenvalue weighted by molar-refractivity contribution is 14.0. The zero-order valence-corrected chi connectivity index (χ0v) is 15.0. The molecule has 1 rings (SSSR count). The number of benzene rings is 1. The maximum Gasteiger partial charge on any atom is 0.188 e. The van der Waals surface area contributed by atoms with Crippen molar-refractivity contribution in [2.45, 2.75) is 13.0 Å². The van der Waals surface area contributed by atoms with Crippen LogP contribution in [-0.2, 0) is 11.3 Å². The van der Waals surface area contributed by atoms with Gasteiger partial charge in [0.25, 0.3) is 0 Å². The van der Waals surface area contributed by atoms with E-state index in [1.54, 1.807) is 21.3 Å². The minimum absolute atomic E-state index is 0. The molecule has 0 spiro atoms. The second-order valence-electron chi connectivity index (χ2n) is 4.16. The van der Waals surface area contributed by atoms with E-state index in [9.17, 15) is 0 Å². The SMILES string of the molecule is COCCCNC(N)=NCc1ccc(OC)c(OC)c1.I. The van der Waals surface area contributed by atoms with Gasteiger partial charge in [0.2, 0.25) is 0 Å². The molecule has 0 bridgehead atoms. The first-order chi connectivity index (χ1) is 9.71. The summed E-state index contributed by atoms with van der Waals surface area (Å²) in [5.74, 6) is 1.81. The highest BCUT2D eigenvalue weighted by atomic mass is 127. The Morgan fingerprint density at radius 1 is 1.19 bits per heavy atom. The van der Waals surface area contributed by atoms with E-state index in [2.05, 4.69) is 10.3 Å². The van der Waals surface area contributed by atoms with Crippen molar-refractivity contribution in [2.75, 3.05) is 34.5 Å². The zero-order valence-electron chi connectivity index (χ0n) is 12.7. The Balaban J connectivity index is 0.00000400. The number of aliphatic imine (C=N–C) groups is 1. The molecule has 21 heavy (non-hydrogen) atoms. The Morgan fingerprint density at radius 3 is 2.52 bits per heavy atom. The van der Waals surface area contributed by atoms with Crippen LogP contribution in [0, 0.1) is 0 Å². The van der Waals surface area contributed by atoms with Crippen LogP contribution in [0.15, 0.2) is 23.2 Å². The van der Waals surface area contributed by atoms with Crippen LogP contribution in [0.5, 0.6) is 11.5 Å². The van der Waals surface area contributed by atoms with Crippen molar-refractivity contribution in [1.29, 1.82) is 0 Å². The summed E-state index contributed by atoms with van der Waals surface area (Å²) in [5, 5.41) is 3.03. The molecule has 0 saturated heterocycles. The molecule has 0 heterocycles. The van der Waals surface area contributed by atoms with Gasteiger partial charge in [-0.15, -0.1) is 24.0 Å². The molecule has 0 saturated carbocycles. The average Bonchev–Trinajstić information content (AvgIpc) is 2.49. The molecule has 120 valence electrons. The summed E-state index contributed by atoms with van der Waals surface area (Å²) in [5.41, 5.74) is 6.78. The molecule has 1 aromatic carbocycles. The van der Waals surface area contributed by atoms with E-state index in [-0.39, 0.29) is 24.0 Å². The lowest BCUT2D eigenvalue weighted by molar-refractivity contribution is 0.195. The van der Waals surface area contributed by atoms with Crippen LogP contribution >= 0.6 is 24.0 Å². The van der Waals surface area contributed by atoms with Gasteiger partial charge in [-0.3, -0.25) is 0 Å². The van der Waals surface area contributed by atoms with Crippen LogP contribution in [0.3, 0.4) is 0 Å². The van der Waals surface area contributed by atoms with Crippen LogP contribution in [-0.4, -0.2) is 40.4 Å². The summed E-state index contributed by atoms with van der Waals surface area (Å²) in [6, 6.07) is 5.68. The first kappa shape index (κ1) is 19.8. The topological polar surface area (TPSA) is 78.1 Å². The summed E-state index contributed by atoms with van der Waals surface area (Å²) in [4.78, 5) is 4.27. The van der Waals surface area contributed by atoms with E-state index in [4.69, 9.17) is 19.9 Å². The average molecular weight is 409 g/mol. The molecular weight excluding hydrogens is 385 g/mol. The van der Waals surface area contributed by atoms with E-state index >= 15 is 0 Å². The number of hydrogen-bond acceptors (Lipinski definition) is 4. The van der Waals surface area contributed by atoms with Gasteiger partial charge in [-0.1, -0.05) is 6.07 Å². The van der Waals surface area contributed by atoms with Gasteiger partial charge in [-0.05, 0) is 24.1 Å². The number of guanidine groups is 1. The number of nitrogens with zero attached hydrogens (tertiary/aromatic N) is 1. The maximum absolute atomic E-state index is 5.77. The van der Waals surface area contributed by atoms with Crippen molar-refractivity contribution in [3.05, 3.63) is 23.8 Å². The fraction of sp³-hybridized carbons (Fsp3) is 0.500. The Morgan fingerprint density at radius 2 is 1.90 bits per heavy atom. The van der Waals surface area contributed by atoms with Gasteiger partial charge < -0.3 is 25.3 Å². The van der Waals surface area contributed by atoms with Gasteiger partial charge in [0, 0.05) is 20.3 Å². The predicted octanol–water partition coefficient (Wildman–Crippen LogP) is 1.76. The fourth-order valence-corrected chi connectivity index (χ4v) is 1.64. The second kappa shape index (κ2) is 11.4. The Labute approximate surface area is 143 Å². The van der Waals surface area contributed by atoms with E-state index in [0.717, 1.165) is 18.5 Å². The number of nitrogens with one attached hydrogen (secondary N) is 1. The molecule has 0 radical (unpaired) electrons. The zero-order chi connectivity index (χ0) is 14.8. The van der Waals surface area contributed by atoms with Crippen LogP contribution in [0.4, 0.5) is 0 Å². The molecule has 6 nitrogen and oxygen atoms in total. The molecule has 0 fully saturated rings. The summed E-state index contributed by atoms with van der Waals surface area (Å²) in [6.45, 7) is 1.94. The van der Waals surface area contributed by atoms with E-state index < -0.39 is 0 Å². The van der Waals surface area contributed by atoms with Crippen molar-refractivity contribution < 1.29 is 14.2 Å². The molecule has 0 amide bonds. The van der Waals surface area contributed by atoms with Gasteiger partial charge in [0.15, 0.2) is 17.5 Å². The van der Waals surface area contributed by atoms with Crippen molar-refractivity contribution in [3.8, 4) is 11.5 Å². The molecule has 0 unspecified atom stereocenters. The molecule has 0 aromatic heterocycles. The summed E-state index contributed by atoms with van der Waals surface area (Å²) in [6.07, 6.45) is 0.892. The lowest BCUT2D eigenvalue weighted by Crippen LogP contribution is -2.32. The molecular formula is C14H24IN3O3. The number of rotatable bonds is 8. The third-order valence-corrected chi connectivity index (χ3v) is 2.71. The number of methoxy groups -OCH3 is 3. The Kier molecular flexibility index (Phi) is 10.8. The number of hydrogen-bond donors (Lipinski definition) is 2. The van der Waals surface area contributed by atoms with Crippen molar-refractivity contribution in [1.82, 2.24) is 5.32 Å². The van der Waals surface area contributed by atoms with Gasteiger partial charge >= 0.3 is 0 Å². The molecule has 0 aliphatic rings. The quantitative estimate of drug-likeness (QED) is 0.296.